The highest BCUT2D eigenvalue weighted by molar-refractivity contribution is 7.91. The van der Waals surface area contributed by atoms with Gasteiger partial charge in [0, 0.05) is 17.9 Å². The molecule has 0 aliphatic carbocycles. The molecule has 0 saturated carbocycles. The lowest BCUT2D eigenvalue weighted by Crippen LogP contribution is -2.19. The molecule has 4 nitrogen and oxygen atoms in total. The highest BCUT2D eigenvalue weighted by Gasteiger charge is 2.08. The van der Waals surface area contributed by atoms with E-state index in [2.05, 4.69) is 19.2 Å². The number of sulfone groups is 1. The number of ether oxygens (including phenoxy) is 1. The van der Waals surface area contributed by atoms with Gasteiger partial charge >= 0.3 is 0 Å². The maximum atomic E-state index is 11.4. The van der Waals surface area contributed by atoms with Crippen LogP contribution in [0.3, 0.4) is 0 Å². The second-order valence-corrected chi connectivity index (χ2v) is 8.04. The quantitative estimate of drug-likeness (QED) is 0.675. The topological polar surface area (TPSA) is 55.4 Å². The van der Waals surface area contributed by atoms with Crippen LogP contribution in [0.5, 0.6) is 5.75 Å². The predicted molar refractivity (Wildman–Crippen MR) is 87.4 cm³/mol. The molecule has 0 saturated heterocycles. The van der Waals surface area contributed by atoms with Crippen LogP contribution in [0, 0.1) is 5.92 Å². The summed E-state index contributed by atoms with van der Waals surface area (Å²) in [5, 5.41) is 3.39. The summed E-state index contributed by atoms with van der Waals surface area (Å²) < 4.78 is 28.6. The lowest BCUT2D eigenvalue weighted by Gasteiger charge is -2.13. The average Bonchev–Trinajstić information content (AvgIpc) is 2.44. The highest BCUT2D eigenvalue weighted by atomic mass is 32.2. The van der Waals surface area contributed by atoms with E-state index in [-0.39, 0.29) is 11.5 Å². The molecular weight excluding hydrogens is 286 g/mol. The third-order valence-electron chi connectivity index (χ3n) is 3.14. The van der Waals surface area contributed by atoms with Crippen molar-refractivity contribution in [3.63, 3.8) is 0 Å². The first-order chi connectivity index (χ1) is 9.94. The van der Waals surface area contributed by atoms with Crippen LogP contribution in [-0.2, 0) is 16.4 Å². The van der Waals surface area contributed by atoms with Gasteiger partial charge in [-0.2, -0.15) is 0 Å². The molecule has 5 heteroatoms. The molecule has 1 N–H and O–H groups in total. The number of hydrogen-bond donors (Lipinski definition) is 1. The molecule has 0 unspecified atom stereocenters. The zero-order chi connectivity index (χ0) is 15.7. The Morgan fingerprint density at radius 1 is 1.24 bits per heavy atom. The molecule has 0 fully saturated rings. The Labute approximate surface area is 128 Å². The van der Waals surface area contributed by atoms with Gasteiger partial charge in [-0.1, -0.05) is 39.0 Å². The van der Waals surface area contributed by atoms with E-state index in [1.54, 1.807) is 6.92 Å². The summed E-state index contributed by atoms with van der Waals surface area (Å²) in [6.07, 6.45) is 0.532. The van der Waals surface area contributed by atoms with Gasteiger partial charge in [-0.25, -0.2) is 8.42 Å². The van der Waals surface area contributed by atoms with E-state index >= 15 is 0 Å². The largest absolute Gasteiger partial charge is 0.493 e. The molecule has 0 aromatic heterocycles. The third kappa shape index (κ3) is 7.48. The Balaban J connectivity index is 2.44. The first-order valence-electron chi connectivity index (χ1n) is 7.56. The Kier molecular flexibility index (Phi) is 7.75. The zero-order valence-electron chi connectivity index (χ0n) is 13.3. The van der Waals surface area contributed by atoms with Crippen molar-refractivity contribution >= 4 is 9.84 Å². The summed E-state index contributed by atoms with van der Waals surface area (Å²) in [6, 6.07) is 7.89. The molecule has 1 aromatic rings. The maximum Gasteiger partial charge on any atom is 0.150 e. The minimum atomic E-state index is -2.90. The number of benzene rings is 1. The molecule has 0 aliphatic heterocycles. The van der Waals surface area contributed by atoms with Gasteiger partial charge in [0.1, 0.15) is 15.6 Å². The van der Waals surface area contributed by atoms with Gasteiger partial charge in [-0.15, -0.1) is 0 Å². The molecule has 0 bridgehead atoms. The van der Waals surface area contributed by atoms with E-state index in [4.69, 9.17) is 4.74 Å². The Morgan fingerprint density at radius 2 is 1.95 bits per heavy atom. The van der Waals surface area contributed by atoms with E-state index < -0.39 is 9.84 Å². The first kappa shape index (κ1) is 18.0. The van der Waals surface area contributed by atoms with E-state index in [0.29, 0.717) is 18.9 Å². The van der Waals surface area contributed by atoms with Crippen LogP contribution in [0.1, 0.15) is 32.8 Å². The predicted octanol–water partition coefficient (Wildman–Crippen LogP) is 2.64. The van der Waals surface area contributed by atoms with Gasteiger partial charge in [0.2, 0.25) is 0 Å². The average molecular weight is 313 g/mol. The Bertz CT molecular complexity index is 512. The smallest absolute Gasteiger partial charge is 0.150 e. The monoisotopic (exact) mass is 313 g/mol. The lowest BCUT2D eigenvalue weighted by molar-refractivity contribution is 0.313. The van der Waals surface area contributed by atoms with Crippen molar-refractivity contribution in [1.29, 1.82) is 0 Å². The number of hydrogen-bond acceptors (Lipinski definition) is 4. The van der Waals surface area contributed by atoms with Gasteiger partial charge in [0.05, 0.1) is 12.4 Å². The highest BCUT2D eigenvalue weighted by Crippen LogP contribution is 2.18. The van der Waals surface area contributed by atoms with E-state index in [1.807, 2.05) is 24.3 Å². The minimum absolute atomic E-state index is 0.192. The molecule has 0 radical (unpaired) electrons. The Hall–Kier alpha value is -1.07. The maximum absolute atomic E-state index is 11.4. The third-order valence-corrected chi connectivity index (χ3v) is 4.93. The van der Waals surface area contributed by atoms with Crippen LogP contribution in [0.15, 0.2) is 24.3 Å². The summed E-state index contributed by atoms with van der Waals surface area (Å²) in [4.78, 5) is 0. The van der Waals surface area contributed by atoms with E-state index in [0.717, 1.165) is 24.4 Å². The van der Waals surface area contributed by atoms with Gasteiger partial charge in [-0.05, 0) is 24.9 Å². The van der Waals surface area contributed by atoms with Crippen molar-refractivity contribution in [2.45, 2.75) is 33.7 Å². The summed E-state index contributed by atoms with van der Waals surface area (Å²) in [5.74, 6) is 1.83. The second-order valence-electron chi connectivity index (χ2n) is 5.57. The van der Waals surface area contributed by atoms with Crippen molar-refractivity contribution in [2.24, 2.45) is 5.92 Å². The van der Waals surface area contributed by atoms with Crippen LogP contribution < -0.4 is 10.1 Å². The summed E-state index contributed by atoms with van der Waals surface area (Å²) >= 11 is 0. The lowest BCUT2D eigenvalue weighted by atomic mass is 10.2. The normalized spacial score (nSPS) is 11.8. The fourth-order valence-corrected chi connectivity index (χ4v) is 2.74. The Morgan fingerprint density at radius 3 is 2.62 bits per heavy atom. The van der Waals surface area contributed by atoms with Gasteiger partial charge < -0.3 is 10.1 Å². The number of nitrogens with one attached hydrogen (secondary N) is 1. The van der Waals surface area contributed by atoms with Gasteiger partial charge in [0.15, 0.2) is 0 Å². The van der Waals surface area contributed by atoms with Crippen LogP contribution in [0.25, 0.3) is 0 Å². The fourth-order valence-electron chi connectivity index (χ4n) is 1.89. The molecule has 120 valence electrons. The van der Waals surface area contributed by atoms with Gasteiger partial charge in [0.25, 0.3) is 0 Å². The van der Waals surface area contributed by atoms with Crippen molar-refractivity contribution in [3.8, 4) is 5.75 Å². The van der Waals surface area contributed by atoms with Crippen molar-refractivity contribution in [2.75, 3.05) is 24.7 Å². The molecule has 0 spiro atoms. The van der Waals surface area contributed by atoms with Gasteiger partial charge in [-0.3, -0.25) is 0 Å². The molecule has 0 aliphatic rings. The fraction of sp³-hybridized carbons (Fsp3) is 0.625. The molecule has 0 amide bonds. The van der Waals surface area contributed by atoms with Crippen LogP contribution >= 0.6 is 0 Å². The number of para-hydroxylation sites is 1. The molecule has 21 heavy (non-hydrogen) atoms. The molecule has 0 heterocycles. The standard InChI is InChI=1S/C16H27NO3S/c1-4-21(18,19)11-7-10-20-16-9-6-5-8-15(16)13-17-12-14(2)3/h5-6,8-9,14,17H,4,7,10-13H2,1-3H3. The second kappa shape index (κ2) is 9.05. The molecule has 1 aromatic carbocycles. The molecular formula is C16H27NO3S. The molecule has 1 rings (SSSR count). The zero-order valence-corrected chi connectivity index (χ0v) is 14.1. The van der Waals surface area contributed by atoms with Crippen molar-refractivity contribution in [1.82, 2.24) is 5.32 Å². The number of rotatable bonds is 10. The van der Waals surface area contributed by atoms with E-state index in [1.165, 1.54) is 0 Å². The van der Waals surface area contributed by atoms with E-state index in [9.17, 15) is 8.42 Å². The molecule has 0 atom stereocenters. The SMILES string of the molecule is CCS(=O)(=O)CCCOc1ccccc1CNCC(C)C. The summed E-state index contributed by atoms with van der Waals surface area (Å²) in [5.41, 5.74) is 1.11. The summed E-state index contributed by atoms with van der Waals surface area (Å²) in [6.45, 7) is 8.17. The van der Waals surface area contributed by atoms with Crippen molar-refractivity contribution in [3.05, 3.63) is 29.8 Å². The van der Waals surface area contributed by atoms with Crippen LogP contribution in [-0.4, -0.2) is 33.1 Å². The van der Waals surface area contributed by atoms with Crippen molar-refractivity contribution < 1.29 is 13.2 Å². The van der Waals surface area contributed by atoms with Crippen LogP contribution in [0.4, 0.5) is 0 Å². The van der Waals surface area contributed by atoms with Crippen LogP contribution in [0.2, 0.25) is 0 Å². The first-order valence-corrected chi connectivity index (χ1v) is 9.38. The minimum Gasteiger partial charge on any atom is -0.493 e. The summed E-state index contributed by atoms with van der Waals surface area (Å²) in [7, 11) is -2.90.